The fourth-order valence-electron chi connectivity index (χ4n) is 2.97. The van der Waals surface area contributed by atoms with Gasteiger partial charge < -0.3 is 10.4 Å². The van der Waals surface area contributed by atoms with Crippen molar-refractivity contribution < 1.29 is 9.90 Å². The van der Waals surface area contributed by atoms with Crippen LogP contribution in [0, 0.1) is 0 Å². The third-order valence-corrected chi connectivity index (χ3v) is 6.66. The minimum absolute atomic E-state index is 0.150. The number of hydrogen-bond donors (Lipinski definition) is 2. The molecule has 8 heteroatoms. The van der Waals surface area contributed by atoms with Crippen molar-refractivity contribution in [3.63, 3.8) is 0 Å². The summed E-state index contributed by atoms with van der Waals surface area (Å²) in [6.45, 7) is 1.84. The average Bonchev–Trinajstić information content (AvgIpc) is 3.22. The maximum absolute atomic E-state index is 12.7. The lowest BCUT2D eigenvalue weighted by atomic mass is 10.3. The van der Waals surface area contributed by atoms with Crippen molar-refractivity contribution in [2.24, 2.45) is 0 Å². The molecule has 1 aromatic heterocycles. The second kappa shape index (κ2) is 10.4. The summed E-state index contributed by atoms with van der Waals surface area (Å²) in [5, 5.41) is 21.4. The number of anilines is 1. The number of carbonyl (C=O) groups excluding carboxylic acids is 1. The highest BCUT2D eigenvalue weighted by atomic mass is 32.2. The quantitative estimate of drug-likeness (QED) is 0.270. The number of carbonyl (C=O) groups is 1. The van der Waals surface area contributed by atoms with Gasteiger partial charge in [-0.2, -0.15) is 0 Å². The van der Waals surface area contributed by atoms with Gasteiger partial charge in [-0.05, 0) is 55.5 Å². The normalized spacial score (nSPS) is 11.8. The Hall–Kier alpha value is -3.23. The predicted molar refractivity (Wildman–Crippen MR) is 129 cm³/mol. The molecule has 0 aliphatic rings. The number of thioether (sulfide) groups is 2. The van der Waals surface area contributed by atoms with Crippen molar-refractivity contribution in [3.05, 3.63) is 90.8 Å². The zero-order valence-corrected chi connectivity index (χ0v) is 19.0. The van der Waals surface area contributed by atoms with Crippen LogP contribution in [0.2, 0.25) is 0 Å². The molecule has 4 aromatic rings. The van der Waals surface area contributed by atoms with Crippen LogP contribution in [0.25, 0.3) is 5.69 Å². The number of nitrogens with zero attached hydrogens (tertiary/aromatic N) is 3. The van der Waals surface area contributed by atoms with Crippen molar-refractivity contribution >= 4 is 35.1 Å². The van der Waals surface area contributed by atoms with Crippen LogP contribution in [0.5, 0.6) is 5.75 Å². The van der Waals surface area contributed by atoms with E-state index in [2.05, 4.69) is 27.6 Å². The molecule has 32 heavy (non-hydrogen) atoms. The van der Waals surface area contributed by atoms with E-state index >= 15 is 0 Å². The maximum Gasteiger partial charge on any atom is 0.237 e. The number of aromatic nitrogens is 3. The van der Waals surface area contributed by atoms with Gasteiger partial charge in [0.15, 0.2) is 5.16 Å². The van der Waals surface area contributed by atoms with E-state index in [0.29, 0.717) is 16.6 Å². The lowest BCUT2D eigenvalue weighted by Gasteiger charge is -2.14. The predicted octanol–water partition coefficient (Wildman–Crippen LogP) is 5.38. The topological polar surface area (TPSA) is 80.0 Å². The molecule has 1 heterocycles. The zero-order valence-electron chi connectivity index (χ0n) is 17.4. The number of hydrogen-bond acceptors (Lipinski definition) is 6. The second-order valence-corrected chi connectivity index (χ2v) is 9.32. The first-order valence-corrected chi connectivity index (χ1v) is 11.9. The van der Waals surface area contributed by atoms with E-state index in [1.807, 2.05) is 60.0 Å². The van der Waals surface area contributed by atoms with E-state index in [0.717, 1.165) is 16.4 Å². The average molecular weight is 463 g/mol. The summed E-state index contributed by atoms with van der Waals surface area (Å²) in [4.78, 5) is 13.9. The molecule has 0 aliphatic heterocycles. The molecular weight excluding hydrogens is 440 g/mol. The van der Waals surface area contributed by atoms with Gasteiger partial charge in [0.2, 0.25) is 5.91 Å². The van der Waals surface area contributed by atoms with Crippen LogP contribution in [-0.4, -0.2) is 31.0 Å². The number of phenols is 1. The van der Waals surface area contributed by atoms with Gasteiger partial charge in [-0.3, -0.25) is 9.36 Å². The highest BCUT2D eigenvalue weighted by molar-refractivity contribution is 8.00. The molecule has 0 fully saturated rings. The van der Waals surface area contributed by atoms with E-state index < -0.39 is 5.25 Å². The number of rotatable bonds is 8. The molecule has 0 spiro atoms. The lowest BCUT2D eigenvalue weighted by molar-refractivity contribution is -0.115. The Labute approximate surface area is 195 Å². The molecule has 162 valence electrons. The number of para-hydroxylation sites is 1. The molecule has 4 rings (SSSR count). The molecule has 6 nitrogen and oxygen atoms in total. The Balaban J connectivity index is 1.52. The van der Waals surface area contributed by atoms with Crippen LogP contribution in [0.1, 0.15) is 12.7 Å². The van der Waals surface area contributed by atoms with Crippen molar-refractivity contribution in [2.75, 3.05) is 5.32 Å². The van der Waals surface area contributed by atoms with Gasteiger partial charge in [-0.15, -0.1) is 22.0 Å². The monoisotopic (exact) mass is 462 g/mol. The molecule has 0 saturated heterocycles. The number of benzene rings is 3. The fourth-order valence-corrected chi connectivity index (χ4v) is 4.69. The second-order valence-electron chi connectivity index (χ2n) is 6.97. The van der Waals surface area contributed by atoms with E-state index in [1.165, 1.54) is 23.9 Å². The smallest absolute Gasteiger partial charge is 0.237 e. The molecule has 3 aromatic carbocycles. The first-order chi connectivity index (χ1) is 15.6. The Morgan fingerprint density at radius 2 is 1.62 bits per heavy atom. The highest BCUT2D eigenvalue weighted by Gasteiger charge is 2.21. The van der Waals surface area contributed by atoms with Gasteiger partial charge in [-0.25, -0.2) is 0 Å². The molecule has 0 radical (unpaired) electrons. The zero-order chi connectivity index (χ0) is 22.3. The van der Waals surface area contributed by atoms with E-state index in [-0.39, 0.29) is 11.7 Å². The third-order valence-electron chi connectivity index (χ3n) is 4.61. The number of phenolic OH excluding ortho intramolecular Hbond substituents is 1. The van der Waals surface area contributed by atoms with Crippen LogP contribution in [0.3, 0.4) is 0 Å². The lowest BCUT2D eigenvalue weighted by Crippen LogP contribution is -2.22. The Morgan fingerprint density at radius 1 is 0.969 bits per heavy atom. The first kappa shape index (κ1) is 22.0. The first-order valence-electron chi connectivity index (χ1n) is 10.0. The molecule has 1 atom stereocenters. The van der Waals surface area contributed by atoms with Crippen molar-refractivity contribution in [2.45, 2.75) is 28.0 Å². The summed E-state index contributed by atoms with van der Waals surface area (Å²) in [6.07, 6.45) is 0. The Kier molecular flexibility index (Phi) is 7.14. The van der Waals surface area contributed by atoms with Crippen molar-refractivity contribution in [1.82, 2.24) is 14.8 Å². The Morgan fingerprint density at radius 3 is 2.31 bits per heavy atom. The van der Waals surface area contributed by atoms with E-state index in [9.17, 15) is 9.90 Å². The van der Waals surface area contributed by atoms with Crippen LogP contribution in [-0.2, 0) is 10.5 Å². The minimum Gasteiger partial charge on any atom is -0.508 e. The maximum atomic E-state index is 12.7. The molecule has 0 saturated carbocycles. The largest absolute Gasteiger partial charge is 0.508 e. The van der Waals surface area contributed by atoms with Crippen LogP contribution in [0.4, 0.5) is 5.69 Å². The number of aromatic hydroxyl groups is 1. The Bertz CT molecular complexity index is 1170. The molecule has 1 unspecified atom stereocenters. The van der Waals surface area contributed by atoms with Gasteiger partial charge in [0.25, 0.3) is 0 Å². The summed E-state index contributed by atoms with van der Waals surface area (Å²) in [5.74, 6) is 1.48. The molecule has 2 N–H and O–H groups in total. The van der Waals surface area contributed by atoms with Gasteiger partial charge in [0, 0.05) is 16.3 Å². The van der Waals surface area contributed by atoms with Gasteiger partial charge in [0.1, 0.15) is 11.6 Å². The minimum atomic E-state index is -0.398. The summed E-state index contributed by atoms with van der Waals surface area (Å²) in [5.41, 5.74) is 1.58. The molecule has 1 amide bonds. The van der Waals surface area contributed by atoms with Crippen LogP contribution in [0.15, 0.2) is 95.0 Å². The summed E-state index contributed by atoms with van der Waals surface area (Å²) >= 11 is 3.05. The van der Waals surface area contributed by atoms with E-state index in [1.54, 1.807) is 23.9 Å². The van der Waals surface area contributed by atoms with Gasteiger partial charge >= 0.3 is 0 Å². The third kappa shape index (κ3) is 5.52. The van der Waals surface area contributed by atoms with E-state index in [4.69, 9.17) is 0 Å². The summed E-state index contributed by atoms with van der Waals surface area (Å²) in [6, 6.07) is 26.5. The van der Waals surface area contributed by atoms with Gasteiger partial charge in [0.05, 0.1) is 11.0 Å². The summed E-state index contributed by atoms with van der Waals surface area (Å²) < 4.78 is 2.00. The van der Waals surface area contributed by atoms with Crippen molar-refractivity contribution in [3.8, 4) is 11.4 Å². The standard InChI is InChI=1S/C24H22N4O2S2/c1-17(23(30)25-18-12-14-20(29)15-13-18)32-24-27-26-22(16-31-21-10-6-3-7-11-21)28(24)19-8-4-2-5-9-19/h2-15,17,29H,16H2,1H3,(H,25,30). The molecule has 0 bridgehead atoms. The van der Waals surface area contributed by atoms with Crippen molar-refractivity contribution in [1.29, 1.82) is 0 Å². The van der Waals surface area contributed by atoms with Crippen LogP contribution >= 0.6 is 23.5 Å². The summed E-state index contributed by atoms with van der Waals surface area (Å²) in [7, 11) is 0. The SMILES string of the molecule is CC(Sc1nnc(CSc2ccccc2)n1-c1ccccc1)C(=O)Nc1ccc(O)cc1. The fraction of sp³-hybridized carbons (Fsp3) is 0.125. The molecular formula is C24H22N4O2S2. The van der Waals surface area contributed by atoms with Gasteiger partial charge in [-0.1, -0.05) is 48.2 Å². The number of amides is 1. The highest BCUT2D eigenvalue weighted by Crippen LogP contribution is 2.29. The van der Waals surface area contributed by atoms with Crippen LogP contribution < -0.4 is 5.32 Å². The number of nitrogens with one attached hydrogen (secondary N) is 1. The molecule has 0 aliphatic carbocycles.